The number of esters is 1. The van der Waals surface area contributed by atoms with E-state index >= 15 is 0 Å². The van der Waals surface area contributed by atoms with Gasteiger partial charge < -0.3 is 29.5 Å². The van der Waals surface area contributed by atoms with Crippen LogP contribution in [0.25, 0.3) is 0 Å². The molecule has 12 unspecified atom stereocenters. The van der Waals surface area contributed by atoms with Crippen LogP contribution in [0.15, 0.2) is 23.8 Å². The molecule has 9 heteroatoms. The summed E-state index contributed by atoms with van der Waals surface area (Å²) in [6, 6.07) is 0. The summed E-state index contributed by atoms with van der Waals surface area (Å²) in [4.78, 5) is 38.5. The van der Waals surface area contributed by atoms with Gasteiger partial charge in [0.05, 0.1) is 23.9 Å². The van der Waals surface area contributed by atoms with E-state index in [0.29, 0.717) is 12.8 Å². The maximum atomic E-state index is 13.3. The van der Waals surface area contributed by atoms with Gasteiger partial charge in [-0.2, -0.15) is 0 Å². The minimum Gasteiger partial charge on any atom is -0.436 e. The highest BCUT2D eigenvalue weighted by Crippen LogP contribution is 2.72. The minimum atomic E-state index is -1.41. The van der Waals surface area contributed by atoms with Crippen molar-refractivity contribution in [2.24, 2.45) is 45.3 Å². The number of Topliss-reactive ketones (excluding diaryl/α,β-unsaturated/α-hetero) is 1. The SMILES string of the molecule is COC1C=C2C(C)(CC(O)C3C4(C)C=CC(=O)C(C)(C)C4CC(O)C23C)C1C1CC(=O)C(O)C(C)(C)OC1OC(C)=O. The van der Waals surface area contributed by atoms with Crippen molar-refractivity contribution in [3.05, 3.63) is 23.8 Å². The molecule has 0 amide bonds. The van der Waals surface area contributed by atoms with E-state index < -0.39 is 87.5 Å². The van der Waals surface area contributed by atoms with E-state index in [0.717, 1.165) is 5.57 Å². The van der Waals surface area contributed by atoms with Gasteiger partial charge in [-0.15, -0.1) is 0 Å². The molecule has 1 aliphatic heterocycles. The Labute approximate surface area is 248 Å². The molecule has 3 fully saturated rings. The normalized spacial score (nSPS) is 49.3. The third kappa shape index (κ3) is 4.17. The smallest absolute Gasteiger partial charge is 0.304 e. The van der Waals surface area contributed by atoms with Gasteiger partial charge in [-0.25, -0.2) is 0 Å². The van der Waals surface area contributed by atoms with E-state index in [2.05, 4.69) is 6.92 Å². The first-order valence-electron chi connectivity index (χ1n) is 15.2. The van der Waals surface area contributed by atoms with Crippen molar-refractivity contribution >= 4 is 17.5 Å². The number of hydrogen-bond acceptors (Lipinski definition) is 9. The molecule has 0 aromatic heterocycles. The summed E-state index contributed by atoms with van der Waals surface area (Å²) >= 11 is 0. The van der Waals surface area contributed by atoms with Gasteiger partial charge >= 0.3 is 5.97 Å². The summed E-state index contributed by atoms with van der Waals surface area (Å²) in [7, 11) is 1.58. The Morgan fingerprint density at radius 3 is 2.29 bits per heavy atom. The van der Waals surface area contributed by atoms with Gasteiger partial charge in [0.2, 0.25) is 6.29 Å². The Hall–Kier alpha value is -1.91. The predicted octanol–water partition coefficient (Wildman–Crippen LogP) is 3.14. The zero-order chi connectivity index (χ0) is 31.4. The summed E-state index contributed by atoms with van der Waals surface area (Å²) in [5, 5.41) is 35.0. The second-order valence-electron chi connectivity index (χ2n) is 15.3. The van der Waals surface area contributed by atoms with Crippen molar-refractivity contribution in [2.45, 2.75) is 111 Å². The summed E-state index contributed by atoms with van der Waals surface area (Å²) in [5.41, 5.74) is -3.27. The molecule has 42 heavy (non-hydrogen) atoms. The van der Waals surface area contributed by atoms with Gasteiger partial charge in [-0.1, -0.05) is 52.3 Å². The fraction of sp³-hybridized carbons (Fsp3) is 0.788. The highest BCUT2D eigenvalue weighted by molar-refractivity contribution is 5.95. The van der Waals surface area contributed by atoms with Crippen molar-refractivity contribution in [1.82, 2.24) is 0 Å². The lowest BCUT2D eigenvalue weighted by Gasteiger charge is -2.67. The largest absolute Gasteiger partial charge is 0.436 e. The zero-order valence-corrected chi connectivity index (χ0v) is 26.3. The van der Waals surface area contributed by atoms with Crippen molar-refractivity contribution in [1.29, 1.82) is 0 Å². The number of ketones is 2. The lowest BCUT2D eigenvalue weighted by atomic mass is 9.37. The number of aliphatic hydroxyl groups excluding tert-OH is 3. The lowest BCUT2D eigenvalue weighted by Crippen LogP contribution is -2.67. The fourth-order valence-corrected chi connectivity index (χ4v) is 10.3. The monoisotopic (exact) mass is 588 g/mol. The van der Waals surface area contributed by atoms with E-state index in [4.69, 9.17) is 14.2 Å². The van der Waals surface area contributed by atoms with E-state index in [-0.39, 0.29) is 18.1 Å². The molecule has 9 nitrogen and oxygen atoms in total. The van der Waals surface area contributed by atoms with Gasteiger partial charge in [-0.3, -0.25) is 14.4 Å². The Bertz CT molecular complexity index is 1230. The molecular weight excluding hydrogens is 540 g/mol. The first-order valence-corrected chi connectivity index (χ1v) is 15.2. The second kappa shape index (κ2) is 9.80. The average molecular weight is 589 g/mol. The molecule has 5 aliphatic rings. The van der Waals surface area contributed by atoms with Crippen LogP contribution < -0.4 is 0 Å². The number of allylic oxidation sites excluding steroid dienone is 2. The number of hydrogen-bond donors (Lipinski definition) is 3. The Balaban J connectivity index is 1.64. The van der Waals surface area contributed by atoms with E-state index in [1.165, 1.54) is 6.92 Å². The molecule has 4 aliphatic carbocycles. The first kappa shape index (κ1) is 31.5. The maximum Gasteiger partial charge on any atom is 0.304 e. The molecule has 0 aromatic rings. The van der Waals surface area contributed by atoms with Gasteiger partial charge in [-0.05, 0) is 49.5 Å². The van der Waals surface area contributed by atoms with Crippen molar-refractivity contribution < 1.29 is 43.9 Å². The molecule has 1 saturated heterocycles. The van der Waals surface area contributed by atoms with Crippen molar-refractivity contribution in [3.8, 4) is 0 Å². The van der Waals surface area contributed by atoms with Crippen LogP contribution >= 0.6 is 0 Å². The molecule has 234 valence electrons. The molecule has 0 spiro atoms. The predicted molar refractivity (Wildman–Crippen MR) is 153 cm³/mol. The number of carbonyl (C=O) groups excluding carboxylic acids is 3. The average Bonchev–Trinajstić information content (AvgIpc) is 3.14. The maximum absolute atomic E-state index is 13.3. The number of carbonyl (C=O) groups is 3. The number of methoxy groups -OCH3 is 1. The molecule has 0 bridgehead atoms. The second-order valence-corrected chi connectivity index (χ2v) is 15.3. The van der Waals surface area contributed by atoms with Crippen LogP contribution in [0.3, 0.4) is 0 Å². The van der Waals surface area contributed by atoms with Crippen molar-refractivity contribution in [3.63, 3.8) is 0 Å². The lowest BCUT2D eigenvalue weighted by molar-refractivity contribution is -0.245. The number of aliphatic hydroxyl groups is 3. The van der Waals surface area contributed by atoms with E-state index in [9.17, 15) is 29.7 Å². The van der Waals surface area contributed by atoms with Crippen LogP contribution in [-0.4, -0.2) is 76.3 Å². The summed E-state index contributed by atoms with van der Waals surface area (Å²) in [6.45, 7) is 14.5. The Morgan fingerprint density at radius 1 is 1.05 bits per heavy atom. The van der Waals surface area contributed by atoms with Crippen LogP contribution in [-0.2, 0) is 28.6 Å². The summed E-state index contributed by atoms with van der Waals surface area (Å²) in [5.74, 6) is -2.70. The molecule has 2 saturated carbocycles. The highest BCUT2D eigenvalue weighted by atomic mass is 16.7. The molecule has 5 rings (SSSR count). The van der Waals surface area contributed by atoms with Crippen LogP contribution in [0.1, 0.15) is 74.7 Å². The van der Waals surface area contributed by atoms with Crippen LogP contribution in [0.4, 0.5) is 0 Å². The highest BCUT2D eigenvalue weighted by Gasteiger charge is 2.71. The third-order valence-corrected chi connectivity index (χ3v) is 12.1. The molecular formula is C33H48O9. The topological polar surface area (TPSA) is 140 Å². The van der Waals surface area contributed by atoms with Gasteiger partial charge in [0.1, 0.15) is 6.10 Å². The summed E-state index contributed by atoms with van der Waals surface area (Å²) in [6.07, 6.45) is 1.40. The Kier molecular flexibility index (Phi) is 7.35. The zero-order valence-electron chi connectivity index (χ0n) is 26.3. The van der Waals surface area contributed by atoms with Crippen LogP contribution in [0.2, 0.25) is 0 Å². The van der Waals surface area contributed by atoms with Crippen LogP contribution in [0.5, 0.6) is 0 Å². The molecule has 0 radical (unpaired) electrons. The minimum absolute atomic E-state index is 0.0233. The number of ether oxygens (including phenoxy) is 3. The fourth-order valence-electron chi connectivity index (χ4n) is 10.3. The first-order chi connectivity index (χ1) is 19.3. The molecule has 1 heterocycles. The molecule has 3 N–H and O–H groups in total. The van der Waals surface area contributed by atoms with Crippen molar-refractivity contribution in [2.75, 3.05) is 7.11 Å². The standard InChI is InChI=1S/C33H48O9/c1-16(34)41-28-17(12-18(35)27(39)30(4,5)42-28)25-20(40-9)13-22-32(25,7)15-19(36)26-31(6)11-10-23(37)29(2,3)21(31)14-24(38)33(22,26)8/h10-11,13,17,19-21,24-28,36,38-39H,12,14-15H2,1-9H3. The van der Waals surface area contributed by atoms with E-state index in [1.54, 1.807) is 27.0 Å². The van der Waals surface area contributed by atoms with Gasteiger partial charge in [0.25, 0.3) is 0 Å². The number of fused-ring (bicyclic) bond motifs is 5. The van der Waals surface area contributed by atoms with E-state index in [1.807, 2.05) is 39.8 Å². The van der Waals surface area contributed by atoms with Crippen LogP contribution in [0, 0.1) is 45.3 Å². The Morgan fingerprint density at radius 2 is 1.69 bits per heavy atom. The third-order valence-electron chi connectivity index (χ3n) is 12.1. The van der Waals surface area contributed by atoms with Gasteiger partial charge in [0, 0.05) is 49.0 Å². The molecule has 0 aromatic carbocycles. The quantitative estimate of drug-likeness (QED) is 0.335. The molecule has 12 atom stereocenters. The summed E-state index contributed by atoms with van der Waals surface area (Å²) < 4.78 is 17.9. The van der Waals surface area contributed by atoms with Gasteiger partial charge in [0.15, 0.2) is 11.6 Å². The number of rotatable bonds is 3.